The summed E-state index contributed by atoms with van der Waals surface area (Å²) >= 11 is 0. The fraction of sp³-hybridized carbons (Fsp3) is 0.182. The molecule has 0 saturated carbocycles. The van der Waals surface area contributed by atoms with E-state index in [4.69, 9.17) is 4.74 Å². The number of carbonyl (C=O) groups excluding carboxylic acids is 1. The summed E-state index contributed by atoms with van der Waals surface area (Å²) in [7, 11) is 0. The highest BCUT2D eigenvalue weighted by atomic mass is 16.5. The molecular weight excluding hydrogens is 164 g/mol. The van der Waals surface area contributed by atoms with Crippen molar-refractivity contribution in [3.05, 3.63) is 41.0 Å². The summed E-state index contributed by atoms with van der Waals surface area (Å²) in [5.41, 5.74) is 2.80. The smallest absolute Gasteiger partial charge is 0.338 e. The Morgan fingerprint density at radius 1 is 1.46 bits per heavy atom. The van der Waals surface area contributed by atoms with Crippen LogP contribution in [0.5, 0.6) is 0 Å². The average Bonchev–Trinajstić information content (AvgIpc) is 2.48. The van der Waals surface area contributed by atoms with Crippen molar-refractivity contribution < 1.29 is 9.53 Å². The first-order valence-corrected chi connectivity index (χ1v) is 4.24. The Morgan fingerprint density at radius 3 is 3.08 bits per heavy atom. The van der Waals surface area contributed by atoms with Crippen molar-refractivity contribution in [2.24, 2.45) is 0 Å². The molecule has 0 atom stereocenters. The molecule has 13 heavy (non-hydrogen) atoms. The van der Waals surface area contributed by atoms with E-state index in [2.05, 4.69) is 0 Å². The van der Waals surface area contributed by atoms with Crippen molar-refractivity contribution in [2.45, 2.75) is 13.5 Å². The van der Waals surface area contributed by atoms with Gasteiger partial charge in [0.1, 0.15) is 6.61 Å². The van der Waals surface area contributed by atoms with Crippen LogP contribution >= 0.6 is 0 Å². The first-order valence-electron chi connectivity index (χ1n) is 4.24. The van der Waals surface area contributed by atoms with Crippen LogP contribution in [0.2, 0.25) is 0 Å². The molecule has 0 radical (unpaired) electrons. The van der Waals surface area contributed by atoms with E-state index < -0.39 is 0 Å². The number of allylic oxidation sites excluding steroid dienone is 1. The number of hydrogen-bond donors (Lipinski definition) is 0. The van der Waals surface area contributed by atoms with E-state index in [0.29, 0.717) is 12.2 Å². The minimum absolute atomic E-state index is 0.206. The van der Waals surface area contributed by atoms with E-state index in [0.717, 1.165) is 11.1 Å². The largest absolute Gasteiger partial charge is 0.457 e. The van der Waals surface area contributed by atoms with Gasteiger partial charge in [-0.15, -0.1) is 0 Å². The average molecular weight is 174 g/mol. The second-order valence-corrected chi connectivity index (χ2v) is 2.99. The standard InChI is InChI=1S/C11H10O2/c1-2-3-8-4-5-10-9(6-8)7-13-11(10)12/h2-6H,7H2,1H3/b3-2+. The number of ether oxygens (including phenoxy) is 1. The zero-order valence-electron chi connectivity index (χ0n) is 7.41. The van der Waals surface area contributed by atoms with E-state index in [1.54, 1.807) is 0 Å². The van der Waals surface area contributed by atoms with Crippen LogP contribution in [0.25, 0.3) is 6.08 Å². The first kappa shape index (κ1) is 8.05. The van der Waals surface area contributed by atoms with Gasteiger partial charge in [0, 0.05) is 5.56 Å². The van der Waals surface area contributed by atoms with Crippen LogP contribution in [0.4, 0.5) is 0 Å². The van der Waals surface area contributed by atoms with Gasteiger partial charge in [0.2, 0.25) is 0 Å². The van der Waals surface area contributed by atoms with Gasteiger partial charge in [-0.1, -0.05) is 18.2 Å². The van der Waals surface area contributed by atoms with Gasteiger partial charge in [0.05, 0.1) is 5.56 Å². The Kier molecular flexibility index (Phi) is 1.89. The fourth-order valence-corrected chi connectivity index (χ4v) is 1.45. The van der Waals surface area contributed by atoms with Crippen LogP contribution in [0.1, 0.15) is 28.4 Å². The third kappa shape index (κ3) is 1.35. The molecule has 0 aromatic heterocycles. The molecule has 0 spiro atoms. The summed E-state index contributed by atoms with van der Waals surface area (Å²) in [6, 6.07) is 5.73. The van der Waals surface area contributed by atoms with Crippen LogP contribution in [0.15, 0.2) is 24.3 Å². The second-order valence-electron chi connectivity index (χ2n) is 2.99. The summed E-state index contributed by atoms with van der Waals surface area (Å²) in [5, 5.41) is 0. The minimum atomic E-state index is -0.206. The number of carbonyl (C=O) groups is 1. The summed E-state index contributed by atoms with van der Waals surface area (Å²) in [6.07, 6.45) is 3.97. The summed E-state index contributed by atoms with van der Waals surface area (Å²) in [5.74, 6) is -0.206. The van der Waals surface area contributed by atoms with E-state index in [1.165, 1.54) is 0 Å². The van der Waals surface area contributed by atoms with Crippen LogP contribution < -0.4 is 0 Å². The Labute approximate surface area is 76.8 Å². The summed E-state index contributed by atoms with van der Waals surface area (Å²) in [6.45, 7) is 2.38. The van der Waals surface area contributed by atoms with Crippen LogP contribution in [0.3, 0.4) is 0 Å². The highest BCUT2D eigenvalue weighted by Gasteiger charge is 2.20. The molecule has 0 unspecified atom stereocenters. The molecule has 2 nitrogen and oxygen atoms in total. The van der Waals surface area contributed by atoms with Gasteiger partial charge in [-0.25, -0.2) is 4.79 Å². The zero-order valence-corrected chi connectivity index (χ0v) is 7.41. The lowest BCUT2D eigenvalue weighted by molar-refractivity contribution is 0.0535. The lowest BCUT2D eigenvalue weighted by atomic mass is 10.1. The van der Waals surface area contributed by atoms with E-state index >= 15 is 0 Å². The first-order chi connectivity index (χ1) is 6.31. The normalized spacial score (nSPS) is 14.7. The molecule has 0 N–H and O–H groups in total. The Balaban J connectivity index is 2.45. The predicted octanol–water partition coefficient (Wildman–Crippen LogP) is 2.39. The number of esters is 1. The summed E-state index contributed by atoms with van der Waals surface area (Å²) in [4.78, 5) is 11.1. The number of rotatable bonds is 1. The molecule has 0 amide bonds. The van der Waals surface area contributed by atoms with Crippen molar-refractivity contribution in [3.8, 4) is 0 Å². The molecule has 2 rings (SSSR count). The number of fused-ring (bicyclic) bond motifs is 1. The molecule has 1 aromatic carbocycles. The molecule has 0 saturated heterocycles. The van der Waals surface area contributed by atoms with Gasteiger partial charge in [-0.3, -0.25) is 0 Å². The lowest BCUT2D eigenvalue weighted by Crippen LogP contribution is -1.92. The van der Waals surface area contributed by atoms with Gasteiger partial charge < -0.3 is 4.74 Å². The van der Waals surface area contributed by atoms with Crippen molar-refractivity contribution in [1.82, 2.24) is 0 Å². The number of hydrogen-bond acceptors (Lipinski definition) is 2. The third-order valence-electron chi connectivity index (χ3n) is 2.07. The van der Waals surface area contributed by atoms with Gasteiger partial charge in [0.25, 0.3) is 0 Å². The summed E-state index contributed by atoms with van der Waals surface area (Å²) < 4.78 is 4.89. The molecular formula is C11H10O2. The quantitative estimate of drug-likeness (QED) is 0.611. The Hall–Kier alpha value is -1.57. The molecule has 1 aliphatic heterocycles. The Bertz CT molecular complexity index is 378. The molecule has 0 bridgehead atoms. The molecule has 1 aromatic rings. The van der Waals surface area contributed by atoms with Gasteiger partial charge in [0.15, 0.2) is 0 Å². The van der Waals surface area contributed by atoms with Crippen molar-refractivity contribution in [1.29, 1.82) is 0 Å². The third-order valence-corrected chi connectivity index (χ3v) is 2.07. The maximum atomic E-state index is 11.1. The molecule has 2 heteroatoms. The number of cyclic esters (lactones) is 1. The zero-order chi connectivity index (χ0) is 9.26. The monoisotopic (exact) mass is 174 g/mol. The van der Waals surface area contributed by atoms with Crippen LogP contribution in [-0.4, -0.2) is 5.97 Å². The highest BCUT2D eigenvalue weighted by Crippen LogP contribution is 2.21. The molecule has 1 aliphatic rings. The van der Waals surface area contributed by atoms with Crippen LogP contribution in [-0.2, 0) is 11.3 Å². The van der Waals surface area contributed by atoms with Gasteiger partial charge in [-0.05, 0) is 24.6 Å². The van der Waals surface area contributed by atoms with E-state index in [9.17, 15) is 4.79 Å². The van der Waals surface area contributed by atoms with Crippen molar-refractivity contribution in [3.63, 3.8) is 0 Å². The molecule has 0 aliphatic carbocycles. The predicted molar refractivity (Wildman–Crippen MR) is 50.3 cm³/mol. The van der Waals surface area contributed by atoms with Crippen LogP contribution in [0, 0.1) is 0 Å². The molecule has 0 fully saturated rings. The topological polar surface area (TPSA) is 26.3 Å². The van der Waals surface area contributed by atoms with E-state index in [1.807, 2.05) is 37.3 Å². The number of benzene rings is 1. The second kappa shape index (κ2) is 3.05. The molecule has 66 valence electrons. The van der Waals surface area contributed by atoms with E-state index in [-0.39, 0.29) is 5.97 Å². The highest BCUT2D eigenvalue weighted by molar-refractivity contribution is 5.93. The molecule has 1 heterocycles. The SMILES string of the molecule is C/C=C/c1ccc2c(c1)COC2=O. The lowest BCUT2D eigenvalue weighted by Gasteiger charge is -1.95. The minimum Gasteiger partial charge on any atom is -0.457 e. The fourth-order valence-electron chi connectivity index (χ4n) is 1.45. The Morgan fingerprint density at radius 2 is 2.31 bits per heavy atom. The van der Waals surface area contributed by atoms with Gasteiger partial charge in [-0.2, -0.15) is 0 Å². The van der Waals surface area contributed by atoms with Crippen molar-refractivity contribution in [2.75, 3.05) is 0 Å². The van der Waals surface area contributed by atoms with Crippen molar-refractivity contribution >= 4 is 12.0 Å². The maximum absolute atomic E-state index is 11.1. The maximum Gasteiger partial charge on any atom is 0.338 e. The van der Waals surface area contributed by atoms with Gasteiger partial charge >= 0.3 is 5.97 Å².